The van der Waals surface area contributed by atoms with Gasteiger partial charge in [-0.05, 0) is 51.9 Å². The van der Waals surface area contributed by atoms with Gasteiger partial charge in [0.15, 0.2) is 10.8 Å². The van der Waals surface area contributed by atoms with Gasteiger partial charge < -0.3 is 4.57 Å². The minimum atomic E-state index is 0.127. The largest absolute Gasteiger partial charge is 0.311 e. The molecule has 1 aromatic carbocycles. The van der Waals surface area contributed by atoms with E-state index in [2.05, 4.69) is 49.7 Å². The Morgan fingerprint density at radius 1 is 1.21 bits per heavy atom. The van der Waals surface area contributed by atoms with Crippen LogP contribution in [-0.4, -0.2) is 19.5 Å². The molecule has 3 rings (SSSR count). The summed E-state index contributed by atoms with van der Waals surface area (Å²) in [6, 6.07) is 8.23. The molecule has 0 amide bonds. The number of rotatable bonds is 2. The third-order valence-corrected chi connectivity index (χ3v) is 3.74. The summed E-state index contributed by atoms with van der Waals surface area (Å²) in [5, 5.41) is 0.401. The van der Waals surface area contributed by atoms with Gasteiger partial charge in [0.1, 0.15) is 5.52 Å². The summed E-state index contributed by atoms with van der Waals surface area (Å²) in [4.78, 5) is 12.3. The molecule has 0 aliphatic carbocycles. The summed E-state index contributed by atoms with van der Waals surface area (Å²) in [5.74, 6) is 0. The van der Waals surface area contributed by atoms with E-state index < -0.39 is 0 Å². The van der Waals surface area contributed by atoms with Crippen molar-refractivity contribution in [2.24, 2.45) is 0 Å². The van der Waals surface area contributed by atoms with Crippen molar-refractivity contribution in [1.29, 1.82) is 0 Å². The summed E-state index contributed by atoms with van der Waals surface area (Å²) in [7, 11) is 0. The van der Waals surface area contributed by atoms with Crippen molar-refractivity contribution >= 4 is 57.0 Å². The van der Waals surface area contributed by atoms with Crippen molar-refractivity contribution in [3.63, 3.8) is 0 Å². The van der Waals surface area contributed by atoms with E-state index in [0.29, 0.717) is 17.7 Å². The molecule has 0 unspecified atom stereocenters. The molecule has 0 saturated heterocycles. The fourth-order valence-corrected chi connectivity index (χ4v) is 2.86. The third-order valence-electron chi connectivity index (χ3n) is 2.64. The van der Waals surface area contributed by atoms with Gasteiger partial charge in [0, 0.05) is 3.57 Å². The van der Waals surface area contributed by atoms with Gasteiger partial charge in [-0.3, -0.25) is 0 Å². The monoisotopic (exact) mass is 404 g/mol. The van der Waals surface area contributed by atoms with Crippen molar-refractivity contribution in [2.75, 3.05) is 0 Å². The first kappa shape index (κ1) is 13.1. The smallest absolute Gasteiger partial charge is 0.225 e. The maximum atomic E-state index is 5.99. The lowest BCUT2D eigenvalue weighted by atomic mass is 10.2. The fraction of sp³-hybridized carbons (Fsp3) is 0.0833. The molecule has 3 aromatic rings. The quantitative estimate of drug-likeness (QED) is 0.371. The molecular formula is C12H7Cl2IN4. The highest BCUT2D eigenvalue weighted by Gasteiger charge is 2.11. The first-order valence-corrected chi connectivity index (χ1v) is 7.25. The molecule has 7 heteroatoms. The van der Waals surface area contributed by atoms with Crippen molar-refractivity contribution in [3.05, 3.63) is 50.2 Å². The molecule has 0 fully saturated rings. The molecule has 0 saturated carbocycles. The lowest BCUT2D eigenvalue weighted by Crippen LogP contribution is -2.00. The Bertz CT molecular complexity index is 757. The van der Waals surface area contributed by atoms with Gasteiger partial charge in [0.2, 0.25) is 5.28 Å². The van der Waals surface area contributed by atoms with Crippen LogP contribution in [0.15, 0.2) is 30.6 Å². The Balaban J connectivity index is 2.06. The standard InChI is InChI=1S/C12H7Cl2IN4/c13-10-9-11(18-12(14)17-10)19(6-16-9)5-7-2-1-3-8(15)4-7/h1-4,6H,5H2. The molecule has 0 aliphatic heterocycles. The molecule has 0 atom stereocenters. The summed E-state index contributed by atoms with van der Waals surface area (Å²) >= 11 is 14.1. The predicted octanol–water partition coefficient (Wildman–Crippen LogP) is 3.79. The lowest BCUT2D eigenvalue weighted by molar-refractivity contribution is 0.812. The Hall–Kier alpha value is -0.920. The van der Waals surface area contributed by atoms with Crippen LogP contribution in [0.1, 0.15) is 5.56 Å². The zero-order valence-corrected chi connectivity index (χ0v) is 13.2. The minimum absolute atomic E-state index is 0.127. The van der Waals surface area contributed by atoms with Crippen LogP contribution in [0, 0.1) is 3.57 Å². The predicted molar refractivity (Wildman–Crippen MR) is 83.6 cm³/mol. The second-order valence-electron chi connectivity index (χ2n) is 3.96. The van der Waals surface area contributed by atoms with Gasteiger partial charge in [-0.25, -0.2) is 9.97 Å². The van der Waals surface area contributed by atoms with E-state index in [-0.39, 0.29) is 10.4 Å². The Labute approximate surface area is 132 Å². The van der Waals surface area contributed by atoms with E-state index in [1.807, 2.05) is 16.7 Å². The first-order valence-electron chi connectivity index (χ1n) is 5.42. The average molecular weight is 405 g/mol. The maximum absolute atomic E-state index is 5.99. The molecule has 0 spiro atoms. The van der Waals surface area contributed by atoms with Crippen LogP contribution >= 0.6 is 45.8 Å². The topological polar surface area (TPSA) is 43.6 Å². The molecular weight excluding hydrogens is 398 g/mol. The number of halogens is 3. The average Bonchev–Trinajstić information content (AvgIpc) is 2.73. The Morgan fingerprint density at radius 2 is 2.05 bits per heavy atom. The minimum Gasteiger partial charge on any atom is -0.311 e. The van der Waals surface area contributed by atoms with Crippen LogP contribution in [0.3, 0.4) is 0 Å². The zero-order valence-electron chi connectivity index (χ0n) is 9.52. The number of nitrogens with zero attached hydrogens (tertiary/aromatic N) is 4. The molecule has 0 bridgehead atoms. The number of fused-ring (bicyclic) bond motifs is 1. The van der Waals surface area contributed by atoms with Crippen LogP contribution in [0.2, 0.25) is 10.4 Å². The highest BCUT2D eigenvalue weighted by molar-refractivity contribution is 14.1. The zero-order chi connectivity index (χ0) is 13.4. The number of imidazole rings is 1. The van der Waals surface area contributed by atoms with Crippen molar-refractivity contribution in [3.8, 4) is 0 Å². The van der Waals surface area contributed by atoms with Crippen LogP contribution in [0.5, 0.6) is 0 Å². The van der Waals surface area contributed by atoms with Crippen LogP contribution in [0.25, 0.3) is 11.2 Å². The van der Waals surface area contributed by atoms with Gasteiger partial charge in [-0.2, -0.15) is 4.98 Å². The van der Waals surface area contributed by atoms with Crippen LogP contribution in [0.4, 0.5) is 0 Å². The third kappa shape index (κ3) is 2.68. The van der Waals surface area contributed by atoms with Gasteiger partial charge in [0.25, 0.3) is 0 Å². The highest BCUT2D eigenvalue weighted by Crippen LogP contribution is 2.21. The van der Waals surface area contributed by atoms with E-state index >= 15 is 0 Å². The van der Waals surface area contributed by atoms with Gasteiger partial charge >= 0.3 is 0 Å². The normalized spacial score (nSPS) is 11.1. The maximum Gasteiger partial charge on any atom is 0.225 e. The lowest BCUT2D eigenvalue weighted by Gasteiger charge is -2.04. The number of benzene rings is 1. The number of aromatic nitrogens is 4. The highest BCUT2D eigenvalue weighted by atomic mass is 127. The Morgan fingerprint density at radius 3 is 2.84 bits per heavy atom. The SMILES string of the molecule is Clc1nc(Cl)c2ncn(Cc3cccc(I)c3)c2n1. The van der Waals surface area contributed by atoms with E-state index in [1.54, 1.807) is 6.33 Å². The summed E-state index contributed by atoms with van der Waals surface area (Å²) in [6.07, 6.45) is 1.70. The van der Waals surface area contributed by atoms with Gasteiger partial charge in [-0.1, -0.05) is 23.7 Å². The fourth-order valence-electron chi connectivity index (χ4n) is 1.83. The summed E-state index contributed by atoms with van der Waals surface area (Å²) < 4.78 is 3.09. The molecule has 0 aliphatic rings. The van der Waals surface area contributed by atoms with Crippen LogP contribution < -0.4 is 0 Å². The molecule has 19 heavy (non-hydrogen) atoms. The molecule has 0 radical (unpaired) electrons. The number of hydrogen-bond donors (Lipinski definition) is 0. The van der Waals surface area contributed by atoms with E-state index in [4.69, 9.17) is 23.2 Å². The first-order chi connectivity index (χ1) is 9.13. The van der Waals surface area contributed by atoms with Crippen molar-refractivity contribution in [2.45, 2.75) is 6.54 Å². The van der Waals surface area contributed by atoms with E-state index in [1.165, 1.54) is 3.57 Å². The Kier molecular flexibility index (Phi) is 3.60. The van der Waals surface area contributed by atoms with Gasteiger partial charge in [0.05, 0.1) is 12.9 Å². The molecule has 0 N–H and O–H groups in total. The second kappa shape index (κ2) is 5.22. The summed E-state index contributed by atoms with van der Waals surface area (Å²) in [6.45, 7) is 0.664. The van der Waals surface area contributed by atoms with Crippen molar-refractivity contribution < 1.29 is 0 Å². The molecule has 2 aromatic heterocycles. The molecule has 4 nitrogen and oxygen atoms in total. The number of hydrogen-bond acceptors (Lipinski definition) is 3. The van der Waals surface area contributed by atoms with Crippen LogP contribution in [-0.2, 0) is 6.54 Å². The van der Waals surface area contributed by atoms with Crippen molar-refractivity contribution in [1.82, 2.24) is 19.5 Å². The second-order valence-corrected chi connectivity index (χ2v) is 5.90. The van der Waals surface area contributed by atoms with Gasteiger partial charge in [-0.15, -0.1) is 0 Å². The molecule has 96 valence electrons. The van der Waals surface area contributed by atoms with E-state index in [0.717, 1.165) is 5.56 Å². The van der Waals surface area contributed by atoms with E-state index in [9.17, 15) is 0 Å². The molecule has 2 heterocycles. The summed E-state index contributed by atoms with van der Waals surface area (Å²) in [5.41, 5.74) is 2.37.